The first-order valence-electron chi connectivity index (χ1n) is 6.52. The molecule has 1 atom stereocenters. The summed E-state index contributed by atoms with van der Waals surface area (Å²) in [6.45, 7) is 1.52. The molecule has 0 unspecified atom stereocenters. The fourth-order valence-corrected chi connectivity index (χ4v) is 2.22. The van der Waals surface area contributed by atoms with Gasteiger partial charge in [-0.2, -0.15) is 0 Å². The maximum atomic E-state index is 11.8. The van der Waals surface area contributed by atoms with E-state index in [1.807, 2.05) is 0 Å². The molecule has 0 bridgehead atoms. The van der Waals surface area contributed by atoms with E-state index in [4.69, 9.17) is 10.5 Å². The van der Waals surface area contributed by atoms with Crippen molar-refractivity contribution in [1.82, 2.24) is 5.32 Å². The van der Waals surface area contributed by atoms with E-state index in [1.54, 1.807) is 24.3 Å². The van der Waals surface area contributed by atoms with Crippen LogP contribution in [0.5, 0.6) is 0 Å². The van der Waals surface area contributed by atoms with Crippen molar-refractivity contribution in [2.24, 2.45) is 0 Å². The summed E-state index contributed by atoms with van der Waals surface area (Å²) in [6, 6.07) is 7.48. The average molecular weight is 248 g/mol. The number of nitrogens with two attached hydrogens (primary N) is 1. The number of carbonyl (C=O) groups is 1. The molecule has 2 rings (SSSR count). The predicted molar refractivity (Wildman–Crippen MR) is 71.4 cm³/mol. The maximum absolute atomic E-state index is 11.8. The van der Waals surface area contributed by atoms with Crippen molar-refractivity contribution in [1.29, 1.82) is 0 Å². The summed E-state index contributed by atoms with van der Waals surface area (Å²) in [5.41, 5.74) is 6.65. The largest absolute Gasteiger partial charge is 0.462 e. The van der Waals surface area contributed by atoms with Crippen LogP contribution in [0.15, 0.2) is 24.3 Å². The van der Waals surface area contributed by atoms with E-state index in [9.17, 15) is 4.79 Å². The van der Waals surface area contributed by atoms with Gasteiger partial charge in [-0.3, -0.25) is 0 Å². The Kier molecular flexibility index (Phi) is 4.59. The quantitative estimate of drug-likeness (QED) is 0.631. The van der Waals surface area contributed by atoms with Crippen molar-refractivity contribution < 1.29 is 9.53 Å². The Bertz CT molecular complexity index is 401. The van der Waals surface area contributed by atoms with Crippen molar-refractivity contribution in [3.63, 3.8) is 0 Å². The first-order valence-corrected chi connectivity index (χ1v) is 6.52. The van der Waals surface area contributed by atoms with Gasteiger partial charge in [-0.15, -0.1) is 0 Å². The molecule has 0 spiro atoms. The van der Waals surface area contributed by atoms with E-state index in [1.165, 1.54) is 19.3 Å². The van der Waals surface area contributed by atoms with Crippen LogP contribution >= 0.6 is 0 Å². The minimum absolute atomic E-state index is 0.330. The third kappa shape index (κ3) is 3.47. The van der Waals surface area contributed by atoms with Gasteiger partial charge in [0.15, 0.2) is 0 Å². The number of rotatable bonds is 4. The van der Waals surface area contributed by atoms with Crippen LogP contribution in [0.4, 0.5) is 5.69 Å². The smallest absolute Gasteiger partial charge is 0.340 e. The highest BCUT2D eigenvalue weighted by atomic mass is 16.5. The third-order valence-corrected chi connectivity index (χ3v) is 3.29. The lowest BCUT2D eigenvalue weighted by atomic mass is 10.0. The number of anilines is 1. The fraction of sp³-hybridized carbons (Fsp3) is 0.500. The van der Waals surface area contributed by atoms with Gasteiger partial charge in [0.1, 0.15) is 0 Å². The number of carbonyl (C=O) groups excluding carboxylic acids is 1. The van der Waals surface area contributed by atoms with E-state index in [-0.39, 0.29) is 5.97 Å². The van der Waals surface area contributed by atoms with Crippen LogP contribution in [-0.2, 0) is 4.74 Å². The van der Waals surface area contributed by atoms with Crippen molar-refractivity contribution in [2.75, 3.05) is 18.9 Å². The number of nitrogen functional groups attached to an aromatic ring is 1. The summed E-state index contributed by atoms with van der Waals surface area (Å²) in [5, 5.41) is 3.43. The van der Waals surface area contributed by atoms with Crippen LogP contribution in [0, 0.1) is 0 Å². The van der Waals surface area contributed by atoms with E-state index in [0.29, 0.717) is 23.9 Å². The molecule has 4 nitrogen and oxygen atoms in total. The van der Waals surface area contributed by atoms with E-state index < -0.39 is 0 Å². The standard InChI is InChI=1S/C14H20N2O2/c15-13-7-2-1-6-12(13)14(17)18-10-8-11-5-3-4-9-16-11/h1-2,6-7,11,16H,3-5,8-10,15H2/t11-/m1/s1. The summed E-state index contributed by atoms with van der Waals surface area (Å²) in [6.07, 6.45) is 4.55. The van der Waals surface area contributed by atoms with Gasteiger partial charge in [0.25, 0.3) is 0 Å². The minimum Gasteiger partial charge on any atom is -0.462 e. The molecule has 1 aliphatic heterocycles. The van der Waals surface area contributed by atoms with Gasteiger partial charge >= 0.3 is 5.97 Å². The maximum Gasteiger partial charge on any atom is 0.340 e. The lowest BCUT2D eigenvalue weighted by Crippen LogP contribution is -2.35. The Balaban J connectivity index is 1.76. The minimum atomic E-state index is -0.330. The molecule has 3 N–H and O–H groups in total. The number of ether oxygens (including phenoxy) is 1. The van der Waals surface area contributed by atoms with Crippen LogP contribution in [-0.4, -0.2) is 25.2 Å². The lowest BCUT2D eigenvalue weighted by Gasteiger charge is -2.23. The molecular formula is C14H20N2O2. The zero-order valence-corrected chi connectivity index (χ0v) is 10.5. The molecule has 1 aromatic carbocycles. The van der Waals surface area contributed by atoms with Gasteiger partial charge in [0.2, 0.25) is 0 Å². The zero-order valence-electron chi connectivity index (χ0n) is 10.5. The molecule has 1 aromatic rings. The van der Waals surface area contributed by atoms with Crippen LogP contribution < -0.4 is 11.1 Å². The molecule has 0 saturated carbocycles. The van der Waals surface area contributed by atoms with Gasteiger partial charge in [-0.25, -0.2) is 4.79 Å². The number of hydrogen-bond acceptors (Lipinski definition) is 4. The number of nitrogens with one attached hydrogen (secondary N) is 1. The van der Waals surface area contributed by atoms with Crippen LogP contribution in [0.25, 0.3) is 0 Å². The second-order valence-corrected chi connectivity index (χ2v) is 4.66. The Morgan fingerprint density at radius 2 is 2.22 bits per heavy atom. The molecule has 0 amide bonds. The number of piperidine rings is 1. The number of esters is 1. The monoisotopic (exact) mass is 248 g/mol. The molecule has 0 aliphatic carbocycles. The highest BCUT2D eigenvalue weighted by Crippen LogP contribution is 2.13. The molecule has 1 fully saturated rings. The first kappa shape index (κ1) is 12.9. The molecule has 98 valence electrons. The van der Waals surface area contributed by atoms with Crippen LogP contribution in [0.1, 0.15) is 36.0 Å². The third-order valence-electron chi connectivity index (χ3n) is 3.29. The first-order chi connectivity index (χ1) is 8.77. The van der Waals surface area contributed by atoms with Crippen molar-refractivity contribution in [3.8, 4) is 0 Å². The van der Waals surface area contributed by atoms with Crippen LogP contribution in [0.2, 0.25) is 0 Å². The molecule has 0 radical (unpaired) electrons. The fourth-order valence-electron chi connectivity index (χ4n) is 2.22. The molecule has 0 aromatic heterocycles. The summed E-state index contributed by atoms with van der Waals surface area (Å²) >= 11 is 0. The second-order valence-electron chi connectivity index (χ2n) is 4.66. The van der Waals surface area contributed by atoms with Crippen molar-refractivity contribution in [2.45, 2.75) is 31.7 Å². The second kappa shape index (κ2) is 6.40. The molecule has 18 heavy (non-hydrogen) atoms. The van der Waals surface area contributed by atoms with Crippen molar-refractivity contribution >= 4 is 11.7 Å². The highest BCUT2D eigenvalue weighted by molar-refractivity contribution is 5.94. The van der Waals surface area contributed by atoms with Gasteiger partial charge < -0.3 is 15.8 Å². The average Bonchev–Trinajstić information content (AvgIpc) is 2.40. The number of benzene rings is 1. The normalized spacial score (nSPS) is 19.4. The highest BCUT2D eigenvalue weighted by Gasteiger charge is 2.14. The van der Waals surface area contributed by atoms with Crippen LogP contribution in [0.3, 0.4) is 0 Å². The molecule has 1 aliphatic rings. The molecule has 1 saturated heterocycles. The Morgan fingerprint density at radius 1 is 1.39 bits per heavy atom. The van der Waals surface area contributed by atoms with E-state index >= 15 is 0 Å². The topological polar surface area (TPSA) is 64.4 Å². The summed E-state index contributed by atoms with van der Waals surface area (Å²) in [7, 11) is 0. The van der Waals surface area contributed by atoms with E-state index in [0.717, 1.165) is 13.0 Å². The lowest BCUT2D eigenvalue weighted by molar-refractivity contribution is 0.0487. The number of hydrogen-bond donors (Lipinski definition) is 2. The summed E-state index contributed by atoms with van der Waals surface area (Å²) in [5.74, 6) is -0.330. The predicted octanol–water partition coefficient (Wildman–Crippen LogP) is 1.96. The molecule has 1 heterocycles. The molecule has 4 heteroatoms. The van der Waals surface area contributed by atoms with Gasteiger partial charge in [0.05, 0.1) is 12.2 Å². The Morgan fingerprint density at radius 3 is 2.94 bits per heavy atom. The SMILES string of the molecule is Nc1ccccc1C(=O)OCC[C@H]1CCCCN1. The summed E-state index contributed by atoms with van der Waals surface area (Å²) < 4.78 is 5.25. The summed E-state index contributed by atoms with van der Waals surface area (Å²) in [4.78, 5) is 11.8. The Labute approximate surface area is 108 Å². The zero-order chi connectivity index (χ0) is 12.8. The van der Waals surface area contributed by atoms with Crippen molar-refractivity contribution in [3.05, 3.63) is 29.8 Å². The van der Waals surface area contributed by atoms with Gasteiger partial charge in [-0.1, -0.05) is 18.6 Å². The number of para-hydroxylation sites is 1. The van der Waals surface area contributed by atoms with E-state index in [2.05, 4.69) is 5.32 Å². The van der Waals surface area contributed by atoms with Gasteiger partial charge in [0, 0.05) is 11.7 Å². The molecular weight excluding hydrogens is 228 g/mol. The van der Waals surface area contributed by atoms with Gasteiger partial charge in [-0.05, 0) is 37.9 Å². The Hall–Kier alpha value is -1.55.